The molecule has 0 aliphatic carbocycles. The first kappa shape index (κ1) is 12.0. The second-order valence-electron chi connectivity index (χ2n) is 3.60. The molecule has 1 aromatic carbocycles. The Bertz CT molecular complexity index is 468. The van der Waals surface area contributed by atoms with Gasteiger partial charge in [0.25, 0.3) is 0 Å². The third-order valence-electron chi connectivity index (χ3n) is 2.61. The largest absolute Gasteiger partial charge is 0.495 e. The van der Waals surface area contributed by atoms with Crippen LogP contribution in [0.3, 0.4) is 0 Å². The number of benzene rings is 1. The Balaban J connectivity index is 2.65. The first-order valence-corrected chi connectivity index (χ1v) is 5.74. The van der Waals surface area contributed by atoms with Crippen molar-refractivity contribution in [2.45, 2.75) is 12.8 Å². The van der Waals surface area contributed by atoms with Crippen LogP contribution >= 0.6 is 15.9 Å². The number of hydrogen-bond donors (Lipinski definition) is 1. The SMILES string of the molecule is COc1c(Br)cc2c(c1C(C)C(=O)O)OCO2. The molecule has 1 atom stereocenters. The Morgan fingerprint density at radius 3 is 2.88 bits per heavy atom. The molecule has 2 rings (SSSR count). The summed E-state index contributed by atoms with van der Waals surface area (Å²) in [7, 11) is 1.49. The maximum Gasteiger partial charge on any atom is 0.310 e. The lowest BCUT2D eigenvalue weighted by molar-refractivity contribution is -0.138. The molecule has 1 N–H and O–H groups in total. The van der Waals surface area contributed by atoms with Crippen LogP contribution in [0.15, 0.2) is 10.5 Å². The lowest BCUT2D eigenvalue weighted by Gasteiger charge is -2.16. The normalized spacial score (nSPS) is 14.5. The van der Waals surface area contributed by atoms with Crippen molar-refractivity contribution in [1.82, 2.24) is 0 Å². The molecule has 0 aromatic heterocycles. The highest BCUT2D eigenvalue weighted by Crippen LogP contribution is 2.48. The predicted molar refractivity (Wildman–Crippen MR) is 62.9 cm³/mol. The van der Waals surface area contributed by atoms with E-state index < -0.39 is 11.9 Å². The second kappa shape index (κ2) is 4.44. The third-order valence-corrected chi connectivity index (χ3v) is 3.20. The zero-order valence-corrected chi connectivity index (χ0v) is 10.9. The number of rotatable bonds is 3. The fraction of sp³-hybridized carbons (Fsp3) is 0.364. The molecule has 5 nitrogen and oxygen atoms in total. The summed E-state index contributed by atoms with van der Waals surface area (Å²) >= 11 is 3.32. The molecular weight excluding hydrogens is 292 g/mol. The lowest BCUT2D eigenvalue weighted by Crippen LogP contribution is -2.10. The molecule has 6 heteroatoms. The van der Waals surface area contributed by atoms with Gasteiger partial charge in [-0.05, 0) is 22.9 Å². The van der Waals surface area contributed by atoms with Crippen LogP contribution in [0.25, 0.3) is 0 Å². The molecule has 0 saturated carbocycles. The molecule has 0 amide bonds. The quantitative estimate of drug-likeness (QED) is 0.928. The monoisotopic (exact) mass is 302 g/mol. The van der Waals surface area contributed by atoms with Crippen molar-refractivity contribution in [2.24, 2.45) is 0 Å². The minimum Gasteiger partial charge on any atom is -0.495 e. The van der Waals surface area contributed by atoms with Gasteiger partial charge in [-0.25, -0.2) is 0 Å². The summed E-state index contributed by atoms with van der Waals surface area (Å²) in [4.78, 5) is 11.1. The number of fused-ring (bicyclic) bond motifs is 1. The summed E-state index contributed by atoms with van der Waals surface area (Å²) in [5, 5.41) is 9.11. The molecule has 0 saturated heterocycles. The van der Waals surface area contributed by atoms with Crippen LogP contribution in [0.4, 0.5) is 0 Å². The number of halogens is 1. The summed E-state index contributed by atoms with van der Waals surface area (Å²) in [5.74, 6) is -0.248. The van der Waals surface area contributed by atoms with Crippen LogP contribution in [0.2, 0.25) is 0 Å². The Hall–Kier alpha value is -1.43. The van der Waals surface area contributed by atoms with E-state index in [4.69, 9.17) is 19.3 Å². The molecule has 0 spiro atoms. The van der Waals surface area contributed by atoms with Crippen LogP contribution < -0.4 is 14.2 Å². The van der Waals surface area contributed by atoms with Gasteiger partial charge in [0.2, 0.25) is 6.79 Å². The van der Waals surface area contributed by atoms with Crippen LogP contribution in [-0.2, 0) is 4.79 Å². The van der Waals surface area contributed by atoms with Gasteiger partial charge in [0.1, 0.15) is 5.75 Å². The Kier molecular flexibility index (Phi) is 3.15. The number of carboxylic acids is 1. The molecular formula is C11H11BrO5. The van der Waals surface area contributed by atoms with E-state index in [9.17, 15) is 4.79 Å². The van der Waals surface area contributed by atoms with E-state index in [0.29, 0.717) is 27.3 Å². The third kappa shape index (κ3) is 1.93. The van der Waals surface area contributed by atoms with Gasteiger partial charge in [-0.15, -0.1) is 0 Å². The highest BCUT2D eigenvalue weighted by Gasteiger charge is 2.30. The van der Waals surface area contributed by atoms with E-state index in [1.54, 1.807) is 13.0 Å². The number of hydrogen-bond acceptors (Lipinski definition) is 4. The zero-order chi connectivity index (χ0) is 12.6. The molecule has 1 aliphatic rings. The fourth-order valence-corrected chi connectivity index (χ4v) is 2.33. The van der Waals surface area contributed by atoms with Gasteiger partial charge in [0.05, 0.1) is 23.1 Å². The fourth-order valence-electron chi connectivity index (χ4n) is 1.74. The molecule has 0 bridgehead atoms. The maximum atomic E-state index is 11.1. The smallest absolute Gasteiger partial charge is 0.310 e. The van der Waals surface area contributed by atoms with Crippen LogP contribution in [0.5, 0.6) is 17.2 Å². The number of methoxy groups -OCH3 is 1. The predicted octanol–water partition coefficient (Wildman–Crippen LogP) is 2.37. The summed E-state index contributed by atoms with van der Waals surface area (Å²) < 4.78 is 16.4. The van der Waals surface area contributed by atoms with Crippen molar-refractivity contribution < 1.29 is 24.1 Å². The molecule has 92 valence electrons. The van der Waals surface area contributed by atoms with Crippen LogP contribution in [0, 0.1) is 0 Å². The Morgan fingerprint density at radius 1 is 1.59 bits per heavy atom. The second-order valence-corrected chi connectivity index (χ2v) is 4.45. The van der Waals surface area contributed by atoms with Crippen molar-refractivity contribution in [1.29, 1.82) is 0 Å². The molecule has 1 unspecified atom stereocenters. The molecule has 1 aliphatic heterocycles. The van der Waals surface area contributed by atoms with Crippen LogP contribution in [0.1, 0.15) is 18.4 Å². The average molecular weight is 303 g/mol. The summed E-state index contributed by atoms with van der Waals surface area (Å²) in [5.41, 5.74) is 0.488. The van der Waals surface area contributed by atoms with Crippen molar-refractivity contribution >= 4 is 21.9 Å². The summed E-state index contributed by atoms with van der Waals surface area (Å²) in [6.45, 7) is 1.67. The highest BCUT2D eigenvalue weighted by molar-refractivity contribution is 9.10. The zero-order valence-electron chi connectivity index (χ0n) is 9.32. The maximum absolute atomic E-state index is 11.1. The Morgan fingerprint density at radius 2 is 2.29 bits per heavy atom. The van der Waals surface area contributed by atoms with Crippen molar-refractivity contribution in [3.05, 3.63) is 16.1 Å². The van der Waals surface area contributed by atoms with Gasteiger partial charge in [0, 0.05) is 6.07 Å². The number of carboxylic acid groups (broad SMARTS) is 1. The van der Waals surface area contributed by atoms with E-state index in [1.165, 1.54) is 7.11 Å². The first-order valence-electron chi connectivity index (χ1n) is 4.95. The minimum absolute atomic E-state index is 0.0915. The topological polar surface area (TPSA) is 65.0 Å². The van der Waals surface area contributed by atoms with Gasteiger partial charge in [-0.1, -0.05) is 0 Å². The minimum atomic E-state index is -0.945. The molecule has 17 heavy (non-hydrogen) atoms. The average Bonchev–Trinajstić information content (AvgIpc) is 2.73. The highest BCUT2D eigenvalue weighted by atomic mass is 79.9. The number of aliphatic carboxylic acids is 1. The summed E-state index contributed by atoms with van der Waals surface area (Å²) in [6.07, 6.45) is 0. The Labute approximate surface area is 106 Å². The van der Waals surface area contributed by atoms with Crippen molar-refractivity contribution in [3.63, 3.8) is 0 Å². The van der Waals surface area contributed by atoms with Gasteiger partial charge in [-0.3, -0.25) is 4.79 Å². The van der Waals surface area contributed by atoms with Crippen molar-refractivity contribution in [2.75, 3.05) is 13.9 Å². The van der Waals surface area contributed by atoms with Gasteiger partial charge >= 0.3 is 5.97 Å². The van der Waals surface area contributed by atoms with E-state index in [1.807, 2.05) is 0 Å². The van der Waals surface area contributed by atoms with Crippen LogP contribution in [-0.4, -0.2) is 25.0 Å². The summed E-state index contributed by atoms with van der Waals surface area (Å²) in [6, 6.07) is 1.71. The van der Waals surface area contributed by atoms with E-state index in [0.717, 1.165) is 0 Å². The molecule has 0 fully saturated rings. The lowest BCUT2D eigenvalue weighted by atomic mass is 9.98. The van der Waals surface area contributed by atoms with Gasteiger partial charge in [-0.2, -0.15) is 0 Å². The molecule has 0 radical (unpaired) electrons. The number of ether oxygens (including phenoxy) is 3. The molecule has 1 heterocycles. The van der Waals surface area contributed by atoms with Crippen molar-refractivity contribution in [3.8, 4) is 17.2 Å². The van der Waals surface area contributed by atoms with E-state index in [2.05, 4.69) is 15.9 Å². The van der Waals surface area contributed by atoms with Gasteiger partial charge < -0.3 is 19.3 Å². The standard InChI is InChI=1S/C11H11BrO5/c1-5(11(13)14)8-9(15-2)6(12)3-7-10(8)17-4-16-7/h3,5H,4H2,1-2H3,(H,13,14). The van der Waals surface area contributed by atoms with E-state index >= 15 is 0 Å². The van der Waals surface area contributed by atoms with Gasteiger partial charge in [0.15, 0.2) is 11.5 Å². The first-order chi connectivity index (χ1) is 8.06. The van der Waals surface area contributed by atoms with E-state index in [-0.39, 0.29) is 6.79 Å². The molecule has 1 aromatic rings. The number of carbonyl (C=O) groups is 1.